The summed E-state index contributed by atoms with van der Waals surface area (Å²) in [6, 6.07) is 15.1. The van der Waals surface area contributed by atoms with Crippen molar-refractivity contribution in [2.75, 3.05) is 6.61 Å². The molecule has 0 saturated heterocycles. The van der Waals surface area contributed by atoms with Gasteiger partial charge in [-0.05, 0) is 35.0 Å². The molecule has 1 N–H and O–H groups in total. The molecule has 2 aromatic rings. The van der Waals surface area contributed by atoms with E-state index in [2.05, 4.69) is 6.92 Å². The Morgan fingerprint density at radius 3 is 2.14 bits per heavy atom. The Morgan fingerprint density at radius 1 is 1.00 bits per heavy atom. The molecule has 0 spiro atoms. The van der Waals surface area contributed by atoms with Crippen molar-refractivity contribution in [2.24, 2.45) is 0 Å². The molecule has 0 aromatic heterocycles. The van der Waals surface area contributed by atoms with Gasteiger partial charge in [-0.1, -0.05) is 61.3 Å². The molecule has 0 atom stereocenters. The molecule has 0 aliphatic heterocycles. The molecule has 0 unspecified atom stereocenters. The molecular weight excluding hydrogens is 282 g/mol. The normalized spacial score (nSPS) is 10.6. The number of hydrogen-bond acceptors (Lipinski definition) is 2. The van der Waals surface area contributed by atoms with Gasteiger partial charge in [0.1, 0.15) is 0 Å². The lowest BCUT2D eigenvalue weighted by Crippen LogP contribution is -2.42. The van der Waals surface area contributed by atoms with E-state index in [4.69, 9.17) is 16.3 Å². The van der Waals surface area contributed by atoms with Crippen LogP contribution in [-0.2, 0) is 11.3 Å². The van der Waals surface area contributed by atoms with Crippen LogP contribution >= 0.6 is 11.6 Å². The van der Waals surface area contributed by atoms with E-state index in [1.165, 1.54) is 0 Å². The SMILES string of the molecule is CCCCOCc1ccc(B(O)c2ccc(Cl)cc2)cc1. The Hall–Kier alpha value is -1.29. The lowest BCUT2D eigenvalue weighted by Gasteiger charge is -2.09. The molecule has 2 aromatic carbocycles. The lowest BCUT2D eigenvalue weighted by molar-refractivity contribution is 0.118. The molecule has 0 aliphatic rings. The van der Waals surface area contributed by atoms with Crippen molar-refractivity contribution in [1.29, 1.82) is 0 Å². The van der Waals surface area contributed by atoms with Gasteiger partial charge in [-0.2, -0.15) is 0 Å². The first-order chi connectivity index (χ1) is 10.2. The van der Waals surface area contributed by atoms with Crippen LogP contribution in [0.4, 0.5) is 0 Å². The van der Waals surface area contributed by atoms with Gasteiger partial charge in [0.2, 0.25) is 0 Å². The Labute approximate surface area is 131 Å². The highest BCUT2D eigenvalue weighted by atomic mass is 35.5. The minimum Gasteiger partial charge on any atom is -0.443 e. The highest BCUT2D eigenvalue weighted by molar-refractivity contribution is 6.78. The number of benzene rings is 2. The first-order valence-electron chi connectivity index (χ1n) is 7.31. The quantitative estimate of drug-likeness (QED) is 0.629. The van der Waals surface area contributed by atoms with E-state index < -0.39 is 6.92 Å². The second-order valence-corrected chi connectivity index (χ2v) is 5.54. The maximum atomic E-state index is 10.3. The molecular formula is C17H20BClO2. The van der Waals surface area contributed by atoms with Gasteiger partial charge in [-0.15, -0.1) is 0 Å². The molecule has 21 heavy (non-hydrogen) atoms. The van der Waals surface area contributed by atoms with Crippen LogP contribution in [0.2, 0.25) is 5.02 Å². The van der Waals surface area contributed by atoms with E-state index in [0.29, 0.717) is 11.6 Å². The highest BCUT2D eigenvalue weighted by Crippen LogP contribution is 2.05. The maximum absolute atomic E-state index is 10.3. The van der Waals surface area contributed by atoms with Crippen molar-refractivity contribution in [3.8, 4) is 0 Å². The molecule has 2 nitrogen and oxygen atoms in total. The largest absolute Gasteiger partial charge is 0.443 e. The van der Waals surface area contributed by atoms with E-state index in [0.717, 1.165) is 35.9 Å². The van der Waals surface area contributed by atoms with Gasteiger partial charge < -0.3 is 9.76 Å². The van der Waals surface area contributed by atoms with Crippen molar-refractivity contribution in [3.63, 3.8) is 0 Å². The molecule has 4 heteroatoms. The van der Waals surface area contributed by atoms with Crippen molar-refractivity contribution in [2.45, 2.75) is 26.4 Å². The van der Waals surface area contributed by atoms with E-state index in [1.54, 1.807) is 12.1 Å². The Balaban J connectivity index is 1.96. The van der Waals surface area contributed by atoms with Crippen molar-refractivity contribution in [1.82, 2.24) is 0 Å². The van der Waals surface area contributed by atoms with Crippen LogP contribution in [0.3, 0.4) is 0 Å². The number of ether oxygens (including phenoxy) is 1. The molecule has 0 radical (unpaired) electrons. The third-order valence-electron chi connectivity index (χ3n) is 3.39. The van der Waals surface area contributed by atoms with Gasteiger partial charge in [-0.3, -0.25) is 0 Å². The van der Waals surface area contributed by atoms with E-state index in [1.807, 2.05) is 36.4 Å². The van der Waals surface area contributed by atoms with E-state index in [-0.39, 0.29) is 0 Å². The standard InChI is InChI=1S/C17H20BClO2/c1-2-3-12-21-13-14-4-6-15(7-5-14)18(20)16-8-10-17(19)11-9-16/h4-11,20H,2-3,12-13H2,1H3. The lowest BCUT2D eigenvalue weighted by atomic mass is 9.56. The Kier molecular flexibility index (Phi) is 6.31. The first kappa shape index (κ1) is 16.1. The number of rotatable bonds is 7. The second-order valence-electron chi connectivity index (χ2n) is 5.10. The molecule has 110 valence electrons. The number of halogens is 1. The zero-order chi connectivity index (χ0) is 15.1. The third kappa shape index (κ3) is 4.89. The topological polar surface area (TPSA) is 29.5 Å². The van der Waals surface area contributed by atoms with Crippen molar-refractivity contribution >= 4 is 29.4 Å². The fraction of sp³-hybridized carbons (Fsp3) is 0.294. The van der Waals surface area contributed by atoms with Crippen LogP contribution in [0.25, 0.3) is 0 Å². The maximum Gasteiger partial charge on any atom is 0.358 e. The van der Waals surface area contributed by atoms with Crippen LogP contribution < -0.4 is 10.9 Å². The third-order valence-corrected chi connectivity index (χ3v) is 3.64. The molecule has 0 saturated carbocycles. The number of unbranched alkanes of at least 4 members (excludes halogenated alkanes) is 1. The van der Waals surface area contributed by atoms with Crippen LogP contribution in [0.5, 0.6) is 0 Å². The zero-order valence-corrected chi connectivity index (χ0v) is 13.0. The molecule has 0 bridgehead atoms. The van der Waals surface area contributed by atoms with Crippen LogP contribution in [0.15, 0.2) is 48.5 Å². The Morgan fingerprint density at radius 2 is 1.57 bits per heavy atom. The minimum atomic E-state index is -0.627. The van der Waals surface area contributed by atoms with E-state index >= 15 is 0 Å². The minimum absolute atomic E-state index is 0.622. The summed E-state index contributed by atoms with van der Waals surface area (Å²) >= 11 is 5.86. The average Bonchev–Trinajstić information content (AvgIpc) is 2.52. The van der Waals surface area contributed by atoms with Gasteiger partial charge >= 0.3 is 6.92 Å². The van der Waals surface area contributed by atoms with Crippen molar-refractivity contribution in [3.05, 3.63) is 59.1 Å². The van der Waals surface area contributed by atoms with Gasteiger partial charge in [-0.25, -0.2) is 0 Å². The van der Waals surface area contributed by atoms with Gasteiger partial charge in [0, 0.05) is 11.6 Å². The summed E-state index contributed by atoms with van der Waals surface area (Å²) in [6.45, 7) is 2.94. The highest BCUT2D eigenvalue weighted by Gasteiger charge is 2.16. The summed E-state index contributed by atoms with van der Waals surface area (Å²) in [7, 11) is 0. The zero-order valence-electron chi connectivity index (χ0n) is 12.3. The fourth-order valence-electron chi connectivity index (χ4n) is 2.07. The summed E-state index contributed by atoms with van der Waals surface area (Å²) < 4.78 is 5.58. The monoisotopic (exact) mass is 302 g/mol. The first-order valence-corrected chi connectivity index (χ1v) is 7.68. The number of hydrogen-bond donors (Lipinski definition) is 1. The molecule has 0 fully saturated rings. The summed E-state index contributed by atoms with van der Waals surface area (Å²) in [5.74, 6) is 0. The fourth-order valence-corrected chi connectivity index (χ4v) is 2.20. The van der Waals surface area contributed by atoms with Crippen molar-refractivity contribution < 1.29 is 9.76 Å². The van der Waals surface area contributed by atoms with Gasteiger partial charge in [0.25, 0.3) is 0 Å². The molecule has 2 rings (SSSR count). The second kappa shape index (κ2) is 8.23. The molecule has 0 heterocycles. The van der Waals surface area contributed by atoms with Gasteiger partial charge in [0.05, 0.1) is 6.61 Å². The average molecular weight is 303 g/mol. The van der Waals surface area contributed by atoms with E-state index in [9.17, 15) is 5.02 Å². The summed E-state index contributed by atoms with van der Waals surface area (Å²) in [4.78, 5) is 0. The summed E-state index contributed by atoms with van der Waals surface area (Å²) in [5, 5.41) is 11.0. The smallest absolute Gasteiger partial charge is 0.358 e. The summed E-state index contributed by atoms with van der Waals surface area (Å²) in [5.41, 5.74) is 2.83. The summed E-state index contributed by atoms with van der Waals surface area (Å²) in [6.07, 6.45) is 2.24. The van der Waals surface area contributed by atoms with Crippen LogP contribution in [-0.4, -0.2) is 18.5 Å². The van der Waals surface area contributed by atoms with Crippen LogP contribution in [0, 0.1) is 0 Å². The molecule has 0 aliphatic carbocycles. The van der Waals surface area contributed by atoms with Gasteiger partial charge in [0.15, 0.2) is 0 Å². The predicted molar refractivity (Wildman–Crippen MR) is 89.7 cm³/mol. The predicted octanol–water partition coefficient (Wildman–Crippen LogP) is 2.75. The Bertz CT molecular complexity index is 540. The van der Waals surface area contributed by atoms with Crippen LogP contribution in [0.1, 0.15) is 25.3 Å². The molecule has 0 amide bonds.